The second kappa shape index (κ2) is 3.87. The Morgan fingerprint density at radius 3 is 3.19 bits per heavy atom. The zero-order valence-electron chi connectivity index (χ0n) is 8.87. The van der Waals surface area contributed by atoms with E-state index in [0.29, 0.717) is 11.5 Å². The Bertz CT molecular complexity index is 503. The minimum absolute atomic E-state index is 0.281. The molecule has 0 unspecified atom stereocenters. The summed E-state index contributed by atoms with van der Waals surface area (Å²) in [6.07, 6.45) is 2.22. The van der Waals surface area contributed by atoms with E-state index in [1.807, 2.05) is 0 Å². The van der Waals surface area contributed by atoms with Crippen molar-refractivity contribution in [1.29, 1.82) is 0 Å². The minimum Gasteiger partial charge on any atom is -0.440 e. The molecule has 1 N–H and O–H groups in total. The Labute approximate surface area is 92.7 Å². The lowest BCUT2D eigenvalue weighted by Gasteiger charge is -2.19. The Morgan fingerprint density at radius 2 is 2.38 bits per heavy atom. The summed E-state index contributed by atoms with van der Waals surface area (Å²) in [6.45, 7) is 1.96. The van der Waals surface area contributed by atoms with Crippen molar-refractivity contribution in [2.75, 3.05) is 13.1 Å². The van der Waals surface area contributed by atoms with Crippen LogP contribution in [0.2, 0.25) is 0 Å². The molecule has 1 atom stereocenters. The maximum atomic E-state index is 13.0. The first-order chi connectivity index (χ1) is 7.83. The first-order valence-electron chi connectivity index (χ1n) is 5.59. The second-order valence-corrected chi connectivity index (χ2v) is 4.21. The molecular formula is C12H13FN2O. The number of benzene rings is 1. The number of hydrogen-bond donors (Lipinski definition) is 1. The summed E-state index contributed by atoms with van der Waals surface area (Å²) in [5.41, 5.74) is 1.28. The minimum atomic E-state index is -0.281. The van der Waals surface area contributed by atoms with Gasteiger partial charge in [0.25, 0.3) is 0 Å². The number of hydrogen-bond acceptors (Lipinski definition) is 3. The van der Waals surface area contributed by atoms with Gasteiger partial charge in [-0.3, -0.25) is 0 Å². The van der Waals surface area contributed by atoms with E-state index < -0.39 is 0 Å². The topological polar surface area (TPSA) is 38.1 Å². The number of fused-ring (bicyclic) bond motifs is 1. The lowest BCUT2D eigenvalue weighted by molar-refractivity contribution is 0.387. The standard InChI is InChI=1S/C12H13FN2O/c13-9-3-4-10-11(6-9)16-12(15-10)8-2-1-5-14-7-8/h3-4,6,8,14H,1-2,5,7H2/t8-/m0/s1. The van der Waals surface area contributed by atoms with Gasteiger partial charge in [-0.25, -0.2) is 9.37 Å². The quantitative estimate of drug-likeness (QED) is 0.802. The third-order valence-corrected chi connectivity index (χ3v) is 3.01. The zero-order chi connectivity index (χ0) is 11.0. The van der Waals surface area contributed by atoms with Gasteiger partial charge >= 0.3 is 0 Å². The van der Waals surface area contributed by atoms with Gasteiger partial charge in [0.05, 0.1) is 0 Å². The van der Waals surface area contributed by atoms with Gasteiger partial charge in [-0.2, -0.15) is 0 Å². The monoisotopic (exact) mass is 220 g/mol. The van der Waals surface area contributed by atoms with E-state index >= 15 is 0 Å². The molecule has 1 aliphatic heterocycles. The van der Waals surface area contributed by atoms with Gasteiger partial charge < -0.3 is 9.73 Å². The van der Waals surface area contributed by atoms with Crippen LogP contribution in [-0.2, 0) is 0 Å². The van der Waals surface area contributed by atoms with Gasteiger partial charge in [-0.15, -0.1) is 0 Å². The van der Waals surface area contributed by atoms with Crippen molar-refractivity contribution in [1.82, 2.24) is 10.3 Å². The highest BCUT2D eigenvalue weighted by atomic mass is 19.1. The molecular weight excluding hydrogens is 207 g/mol. The molecule has 2 aromatic rings. The van der Waals surface area contributed by atoms with E-state index in [9.17, 15) is 4.39 Å². The number of oxazole rings is 1. The number of halogens is 1. The summed E-state index contributed by atoms with van der Waals surface area (Å²) >= 11 is 0. The maximum Gasteiger partial charge on any atom is 0.199 e. The number of nitrogens with one attached hydrogen (secondary N) is 1. The van der Waals surface area contributed by atoms with Crippen molar-refractivity contribution in [3.8, 4) is 0 Å². The van der Waals surface area contributed by atoms with Gasteiger partial charge in [0.2, 0.25) is 0 Å². The molecule has 84 valence electrons. The van der Waals surface area contributed by atoms with Crippen LogP contribution in [-0.4, -0.2) is 18.1 Å². The van der Waals surface area contributed by atoms with Crippen LogP contribution in [0.3, 0.4) is 0 Å². The molecule has 0 radical (unpaired) electrons. The van der Waals surface area contributed by atoms with Crippen molar-refractivity contribution in [3.05, 3.63) is 29.9 Å². The number of piperidine rings is 1. The van der Waals surface area contributed by atoms with E-state index in [1.165, 1.54) is 12.1 Å². The van der Waals surface area contributed by atoms with E-state index in [4.69, 9.17) is 4.42 Å². The molecule has 0 saturated carbocycles. The highest BCUT2D eigenvalue weighted by Crippen LogP contribution is 2.26. The molecule has 0 aliphatic carbocycles. The molecule has 0 bridgehead atoms. The highest BCUT2D eigenvalue weighted by molar-refractivity contribution is 5.72. The summed E-state index contributed by atoms with van der Waals surface area (Å²) in [5, 5.41) is 3.31. The molecule has 3 nitrogen and oxygen atoms in total. The van der Waals surface area contributed by atoms with Gasteiger partial charge in [0.1, 0.15) is 11.3 Å². The summed E-state index contributed by atoms with van der Waals surface area (Å²) in [6, 6.07) is 4.46. The van der Waals surface area contributed by atoms with Crippen LogP contribution in [0, 0.1) is 5.82 Å². The molecule has 3 rings (SSSR count). The molecule has 16 heavy (non-hydrogen) atoms. The molecule has 2 heterocycles. The fraction of sp³-hybridized carbons (Fsp3) is 0.417. The predicted octanol–water partition coefficient (Wildman–Crippen LogP) is 2.43. The van der Waals surface area contributed by atoms with Crippen LogP contribution < -0.4 is 5.32 Å². The molecule has 1 fully saturated rings. The molecule has 1 aromatic heterocycles. The Morgan fingerprint density at radius 1 is 1.44 bits per heavy atom. The van der Waals surface area contributed by atoms with Gasteiger partial charge in [0.15, 0.2) is 11.5 Å². The third kappa shape index (κ3) is 1.69. The van der Waals surface area contributed by atoms with E-state index in [2.05, 4.69) is 10.3 Å². The van der Waals surface area contributed by atoms with Gasteiger partial charge in [0, 0.05) is 18.5 Å². The zero-order valence-corrected chi connectivity index (χ0v) is 8.87. The number of aromatic nitrogens is 1. The molecule has 1 saturated heterocycles. The van der Waals surface area contributed by atoms with Crippen LogP contribution in [0.25, 0.3) is 11.1 Å². The normalized spacial score (nSPS) is 21.4. The summed E-state index contributed by atoms with van der Waals surface area (Å²) in [5.74, 6) is 0.772. The lowest BCUT2D eigenvalue weighted by Crippen LogP contribution is -2.28. The van der Waals surface area contributed by atoms with Crippen molar-refractivity contribution >= 4 is 11.1 Å². The number of rotatable bonds is 1. The molecule has 4 heteroatoms. The van der Waals surface area contributed by atoms with Gasteiger partial charge in [-0.05, 0) is 31.5 Å². The second-order valence-electron chi connectivity index (χ2n) is 4.21. The van der Waals surface area contributed by atoms with Crippen LogP contribution >= 0.6 is 0 Å². The van der Waals surface area contributed by atoms with E-state index in [1.54, 1.807) is 6.07 Å². The lowest BCUT2D eigenvalue weighted by atomic mass is 10.00. The Balaban J connectivity index is 1.97. The SMILES string of the molecule is Fc1ccc2nc([C@H]3CCCNC3)oc2c1. The highest BCUT2D eigenvalue weighted by Gasteiger charge is 2.20. The smallest absolute Gasteiger partial charge is 0.199 e. The fourth-order valence-electron chi connectivity index (χ4n) is 2.15. The number of nitrogens with zero attached hydrogens (tertiary/aromatic N) is 1. The molecule has 0 amide bonds. The van der Waals surface area contributed by atoms with Crippen LogP contribution in [0.15, 0.2) is 22.6 Å². The summed E-state index contributed by atoms with van der Waals surface area (Å²) in [7, 11) is 0. The van der Waals surface area contributed by atoms with E-state index in [-0.39, 0.29) is 5.82 Å². The van der Waals surface area contributed by atoms with Crippen LogP contribution in [0.1, 0.15) is 24.7 Å². The average Bonchev–Trinajstić information content (AvgIpc) is 2.73. The van der Waals surface area contributed by atoms with Crippen molar-refractivity contribution < 1.29 is 8.81 Å². The fourth-order valence-corrected chi connectivity index (χ4v) is 2.15. The Kier molecular flexibility index (Phi) is 2.36. The third-order valence-electron chi connectivity index (χ3n) is 3.01. The van der Waals surface area contributed by atoms with Crippen molar-refractivity contribution in [3.63, 3.8) is 0 Å². The Hall–Kier alpha value is -1.42. The average molecular weight is 220 g/mol. The maximum absolute atomic E-state index is 13.0. The first-order valence-corrected chi connectivity index (χ1v) is 5.59. The predicted molar refractivity (Wildman–Crippen MR) is 58.8 cm³/mol. The summed E-state index contributed by atoms with van der Waals surface area (Å²) in [4.78, 5) is 4.40. The molecule has 1 aliphatic rings. The summed E-state index contributed by atoms with van der Waals surface area (Å²) < 4.78 is 18.6. The first kappa shape index (κ1) is 9.78. The van der Waals surface area contributed by atoms with Crippen LogP contribution in [0.5, 0.6) is 0 Å². The van der Waals surface area contributed by atoms with Crippen molar-refractivity contribution in [2.24, 2.45) is 0 Å². The van der Waals surface area contributed by atoms with Crippen LogP contribution in [0.4, 0.5) is 4.39 Å². The largest absolute Gasteiger partial charge is 0.440 e. The molecule has 1 aromatic carbocycles. The van der Waals surface area contributed by atoms with Gasteiger partial charge in [-0.1, -0.05) is 0 Å². The molecule has 0 spiro atoms. The van der Waals surface area contributed by atoms with E-state index in [0.717, 1.165) is 37.3 Å². The van der Waals surface area contributed by atoms with Crippen molar-refractivity contribution in [2.45, 2.75) is 18.8 Å².